The first kappa shape index (κ1) is 17.0. The Morgan fingerprint density at radius 2 is 2.00 bits per heavy atom. The van der Waals surface area contributed by atoms with Crippen LogP contribution in [0.15, 0.2) is 30.3 Å². The van der Waals surface area contributed by atoms with Crippen molar-refractivity contribution in [3.63, 3.8) is 0 Å². The lowest BCUT2D eigenvalue weighted by atomic mass is 9.81. The summed E-state index contributed by atoms with van der Waals surface area (Å²) < 4.78 is 0. The molecule has 2 rings (SSSR count). The zero-order chi connectivity index (χ0) is 13.9. The molecule has 0 aliphatic carbocycles. The molecule has 1 aromatic rings. The Morgan fingerprint density at radius 3 is 2.60 bits per heavy atom. The molecule has 0 radical (unpaired) electrons. The maximum atomic E-state index is 12.4. The summed E-state index contributed by atoms with van der Waals surface area (Å²) in [5.41, 5.74) is 7.03. The fourth-order valence-electron chi connectivity index (χ4n) is 2.72. The van der Waals surface area contributed by atoms with Crippen molar-refractivity contribution in [3.8, 4) is 0 Å². The zero-order valence-corrected chi connectivity index (χ0v) is 13.2. The largest absolute Gasteiger partial charge is 0.341 e. The number of benzene rings is 1. The van der Waals surface area contributed by atoms with Crippen LogP contribution in [0, 0.1) is 0 Å². The number of nitrogens with two attached hydrogens (primary N) is 1. The number of carbonyl (C=O) groups excluding carboxylic acids is 1. The third-order valence-electron chi connectivity index (χ3n) is 3.96. The summed E-state index contributed by atoms with van der Waals surface area (Å²) in [5, 5.41) is 0. The summed E-state index contributed by atoms with van der Waals surface area (Å²) in [6, 6.07) is 10.4. The fourth-order valence-corrected chi connectivity index (χ4v) is 2.72. The molecule has 1 atom stereocenters. The minimum Gasteiger partial charge on any atom is -0.341 e. The van der Waals surface area contributed by atoms with Gasteiger partial charge in [-0.3, -0.25) is 4.79 Å². The number of rotatable bonds is 3. The van der Waals surface area contributed by atoms with Crippen molar-refractivity contribution in [2.24, 2.45) is 5.73 Å². The van der Waals surface area contributed by atoms with Crippen LogP contribution in [0.4, 0.5) is 0 Å². The van der Waals surface area contributed by atoms with E-state index in [1.165, 1.54) is 5.56 Å². The quantitative estimate of drug-likeness (QED) is 0.932. The first-order chi connectivity index (χ1) is 8.99. The normalized spacial score (nSPS) is 19.4. The van der Waals surface area contributed by atoms with Gasteiger partial charge in [-0.2, -0.15) is 0 Å². The molecule has 0 saturated carbocycles. The molecule has 1 fully saturated rings. The Labute approximate surface area is 127 Å². The Hall–Kier alpha value is -1.06. The van der Waals surface area contributed by atoms with Gasteiger partial charge in [0.2, 0.25) is 5.91 Å². The van der Waals surface area contributed by atoms with Crippen LogP contribution in [-0.4, -0.2) is 29.9 Å². The molecule has 2 N–H and O–H groups in total. The molecule has 1 aromatic carbocycles. The first-order valence-electron chi connectivity index (χ1n) is 7.08. The van der Waals surface area contributed by atoms with Gasteiger partial charge in [-0.1, -0.05) is 44.2 Å². The molecular formula is C16H25ClN2O. The molecule has 0 bridgehead atoms. The van der Waals surface area contributed by atoms with E-state index in [1.807, 2.05) is 23.1 Å². The van der Waals surface area contributed by atoms with Crippen LogP contribution in [0.1, 0.15) is 38.7 Å². The smallest absolute Gasteiger partial charge is 0.223 e. The highest BCUT2D eigenvalue weighted by Gasteiger charge is 2.28. The fraction of sp³-hybridized carbons (Fsp3) is 0.562. The van der Waals surface area contributed by atoms with E-state index in [-0.39, 0.29) is 29.8 Å². The van der Waals surface area contributed by atoms with Crippen LogP contribution >= 0.6 is 12.4 Å². The number of likely N-dealkylation sites (tertiary alicyclic amines) is 1. The summed E-state index contributed by atoms with van der Waals surface area (Å²) in [7, 11) is 0. The van der Waals surface area contributed by atoms with E-state index in [0.717, 1.165) is 19.4 Å². The zero-order valence-electron chi connectivity index (χ0n) is 12.3. The maximum absolute atomic E-state index is 12.4. The summed E-state index contributed by atoms with van der Waals surface area (Å²) in [4.78, 5) is 14.3. The van der Waals surface area contributed by atoms with Crippen LogP contribution in [0.5, 0.6) is 0 Å². The van der Waals surface area contributed by atoms with Gasteiger partial charge >= 0.3 is 0 Å². The van der Waals surface area contributed by atoms with E-state index in [1.54, 1.807) is 0 Å². The lowest BCUT2D eigenvalue weighted by Crippen LogP contribution is -2.47. The van der Waals surface area contributed by atoms with Crippen molar-refractivity contribution < 1.29 is 4.79 Å². The number of hydrogen-bond donors (Lipinski definition) is 1. The molecule has 1 heterocycles. The van der Waals surface area contributed by atoms with Gasteiger partial charge in [-0.15, -0.1) is 12.4 Å². The molecule has 112 valence electrons. The van der Waals surface area contributed by atoms with Gasteiger partial charge in [0.25, 0.3) is 0 Å². The van der Waals surface area contributed by atoms with Crippen LogP contribution in [0.25, 0.3) is 0 Å². The molecule has 20 heavy (non-hydrogen) atoms. The Morgan fingerprint density at radius 1 is 1.35 bits per heavy atom. The lowest BCUT2D eigenvalue weighted by Gasteiger charge is -2.34. The van der Waals surface area contributed by atoms with E-state index in [9.17, 15) is 4.79 Å². The van der Waals surface area contributed by atoms with Crippen molar-refractivity contribution in [3.05, 3.63) is 35.9 Å². The molecule has 1 aliphatic heterocycles. The minimum absolute atomic E-state index is 0. The summed E-state index contributed by atoms with van der Waals surface area (Å²) in [5.74, 6) is 0.226. The molecule has 0 aromatic heterocycles. The van der Waals surface area contributed by atoms with E-state index in [0.29, 0.717) is 13.0 Å². The van der Waals surface area contributed by atoms with Crippen molar-refractivity contribution in [1.29, 1.82) is 0 Å². The lowest BCUT2D eigenvalue weighted by molar-refractivity contribution is -0.133. The highest BCUT2D eigenvalue weighted by atomic mass is 35.5. The van der Waals surface area contributed by atoms with Crippen LogP contribution in [0.2, 0.25) is 0 Å². The second-order valence-corrected chi connectivity index (χ2v) is 6.17. The predicted molar refractivity (Wildman–Crippen MR) is 85.1 cm³/mol. The molecule has 3 nitrogen and oxygen atoms in total. The van der Waals surface area contributed by atoms with E-state index < -0.39 is 0 Å². The van der Waals surface area contributed by atoms with E-state index in [2.05, 4.69) is 26.0 Å². The molecule has 1 unspecified atom stereocenters. The Balaban J connectivity index is 0.00000200. The van der Waals surface area contributed by atoms with E-state index in [4.69, 9.17) is 5.73 Å². The third-order valence-corrected chi connectivity index (χ3v) is 3.96. The van der Waals surface area contributed by atoms with Gasteiger partial charge in [-0.25, -0.2) is 0 Å². The summed E-state index contributed by atoms with van der Waals surface area (Å²) >= 11 is 0. The SMILES string of the molecule is CC(C)(CC(=O)N1CCCC(N)C1)c1ccccc1.Cl. The molecular weight excluding hydrogens is 272 g/mol. The molecule has 0 spiro atoms. The predicted octanol–water partition coefficient (Wildman–Crippen LogP) is 2.73. The number of carbonyl (C=O) groups is 1. The minimum atomic E-state index is -0.125. The molecule has 1 saturated heterocycles. The van der Waals surface area contributed by atoms with Gasteiger partial charge in [0, 0.05) is 25.6 Å². The second-order valence-electron chi connectivity index (χ2n) is 6.17. The average Bonchev–Trinajstić information content (AvgIpc) is 2.39. The molecule has 1 amide bonds. The van der Waals surface area contributed by atoms with Crippen molar-refractivity contribution in [2.45, 2.75) is 44.6 Å². The molecule has 4 heteroatoms. The van der Waals surface area contributed by atoms with Gasteiger partial charge in [-0.05, 0) is 23.8 Å². The third kappa shape index (κ3) is 4.22. The van der Waals surface area contributed by atoms with Crippen LogP contribution in [0.3, 0.4) is 0 Å². The average molecular weight is 297 g/mol. The highest BCUT2D eigenvalue weighted by Crippen LogP contribution is 2.28. The number of piperidine rings is 1. The van der Waals surface area contributed by atoms with Gasteiger partial charge in [0.15, 0.2) is 0 Å². The van der Waals surface area contributed by atoms with E-state index >= 15 is 0 Å². The van der Waals surface area contributed by atoms with Crippen LogP contribution < -0.4 is 5.73 Å². The maximum Gasteiger partial charge on any atom is 0.223 e. The highest BCUT2D eigenvalue weighted by molar-refractivity contribution is 5.85. The number of amides is 1. The van der Waals surface area contributed by atoms with Crippen molar-refractivity contribution in [1.82, 2.24) is 4.90 Å². The number of halogens is 1. The standard InChI is InChI=1S/C16H24N2O.ClH/c1-16(2,13-7-4-3-5-8-13)11-15(19)18-10-6-9-14(17)12-18;/h3-5,7-8,14H,6,9-12,17H2,1-2H3;1H. The second kappa shape index (κ2) is 7.09. The summed E-state index contributed by atoms with van der Waals surface area (Å²) in [6.45, 7) is 5.83. The summed E-state index contributed by atoms with van der Waals surface area (Å²) in [6.07, 6.45) is 2.61. The first-order valence-corrected chi connectivity index (χ1v) is 7.08. The van der Waals surface area contributed by atoms with Crippen molar-refractivity contribution >= 4 is 18.3 Å². The van der Waals surface area contributed by atoms with Crippen molar-refractivity contribution in [2.75, 3.05) is 13.1 Å². The number of nitrogens with zero attached hydrogens (tertiary/aromatic N) is 1. The molecule has 1 aliphatic rings. The van der Waals surface area contributed by atoms with Gasteiger partial charge in [0.1, 0.15) is 0 Å². The number of hydrogen-bond acceptors (Lipinski definition) is 2. The van der Waals surface area contributed by atoms with Crippen LogP contribution in [-0.2, 0) is 10.2 Å². The van der Waals surface area contributed by atoms with Gasteiger partial charge < -0.3 is 10.6 Å². The van der Waals surface area contributed by atoms with Gasteiger partial charge in [0.05, 0.1) is 0 Å². The Kier molecular flexibility index (Phi) is 6.03. The Bertz CT molecular complexity index is 433. The monoisotopic (exact) mass is 296 g/mol. The topological polar surface area (TPSA) is 46.3 Å².